The molecule has 1 atom stereocenters. The van der Waals surface area contributed by atoms with Crippen molar-refractivity contribution in [1.29, 1.82) is 0 Å². The lowest BCUT2D eigenvalue weighted by Crippen LogP contribution is -2.37. The van der Waals surface area contributed by atoms with Crippen molar-refractivity contribution >= 4 is 34.2 Å². The van der Waals surface area contributed by atoms with Crippen LogP contribution in [-0.4, -0.2) is 39.4 Å². The summed E-state index contributed by atoms with van der Waals surface area (Å²) in [5.74, 6) is 0.599. The van der Waals surface area contributed by atoms with E-state index in [1.165, 1.54) is 21.6 Å². The van der Waals surface area contributed by atoms with Gasteiger partial charge in [-0.1, -0.05) is 0 Å². The van der Waals surface area contributed by atoms with E-state index in [9.17, 15) is 4.79 Å². The summed E-state index contributed by atoms with van der Waals surface area (Å²) in [7, 11) is 1.83. The highest BCUT2D eigenvalue weighted by atomic mass is 32.1. The number of nitrogens with zero attached hydrogens (tertiary/aromatic N) is 4. The molecule has 8 heteroatoms. The third kappa shape index (κ3) is 3.23. The average molecular weight is 344 g/mol. The normalized spacial score (nSPS) is 12.3. The molecule has 0 aliphatic carbocycles. The van der Waals surface area contributed by atoms with Crippen LogP contribution in [0.5, 0.6) is 0 Å². The zero-order valence-electron chi connectivity index (χ0n) is 14.1. The second-order valence-electron chi connectivity index (χ2n) is 5.81. The number of fused-ring (bicyclic) bond motifs is 1. The lowest BCUT2D eigenvalue weighted by molar-refractivity contribution is -0.120. The maximum atomic E-state index is 12.4. The topological polar surface area (TPSA) is 86.8 Å². The predicted octanol–water partition coefficient (Wildman–Crippen LogP) is 2.34. The van der Waals surface area contributed by atoms with E-state index in [1.807, 2.05) is 14.0 Å². The van der Waals surface area contributed by atoms with Crippen molar-refractivity contribution < 1.29 is 4.79 Å². The van der Waals surface area contributed by atoms with Gasteiger partial charge >= 0.3 is 0 Å². The molecule has 0 aliphatic rings. The number of anilines is 1. The summed E-state index contributed by atoms with van der Waals surface area (Å²) in [5, 5.41) is 3.05. The fraction of sp³-hybridized carbons (Fsp3) is 0.375. The number of H-pyrrole nitrogens is 1. The highest BCUT2D eigenvalue weighted by Crippen LogP contribution is 2.26. The molecule has 3 rings (SSSR count). The van der Waals surface area contributed by atoms with Crippen LogP contribution in [0.3, 0.4) is 0 Å². The third-order valence-electron chi connectivity index (χ3n) is 3.87. The zero-order chi connectivity index (χ0) is 17.3. The zero-order valence-corrected chi connectivity index (χ0v) is 14.9. The van der Waals surface area contributed by atoms with Crippen LogP contribution in [0.25, 0.3) is 11.2 Å². The van der Waals surface area contributed by atoms with Crippen LogP contribution in [0.4, 0.5) is 5.82 Å². The Morgan fingerprint density at radius 2 is 2.17 bits per heavy atom. The molecule has 0 aliphatic heterocycles. The van der Waals surface area contributed by atoms with Crippen LogP contribution in [-0.2, 0) is 4.79 Å². The Labute approximate surface area is 144 Å². The van der Waals surface area contributed by atoms with Gasteiger partial charge in [-0.05, 0) is 32.4 Å². The van der Waals surface area contributed by atoms with Crippen LogP contribution in [0, 0.1) is 13.8 Å². The monoisotopic (exact) mass is 344 g/mol. The van der Waals surface area contributed by atoms with Gasteiger partial charge in [0, 0.05) is 16.8 Å². The molecule has 3 aromatic heterocycles. The molecular weight excluding hydrogens is 324 g/mol. The smallest absolute Gasteiger partial charge is 0.240 e. The molecule has 2 N–H and O–H groups in total. The molecule has 126 valence electrons. The Hall–Kier alpha value is -2.48. The lowest BCUT2D eigenvalue weighted by atomic mass is 10.1. The minimum atomic E-state index is -0.0560. The van der Waals surface area contributed by atoms with Gasteiger partial charge in [-0.25, -0.2) is 15.0 Å². The maximum absolute atomic E-state index is 12.4. The molecule has 3 heterocycles. The molecule has 0 radical (unpaired) electrons. The molecule has 0 fully saturated rings. The van der Waals surface area contributed by atoms with Gasteiger partial charge < -0.3 is 15.2 Å². The van der Waals surface area contributed by atoms with Gasteiger partial charge in [0.2, 0.25) is 5.91 Å². The molecule has 0 unspecified atom stereocenters. The van der Waals surface area contributed by atoms with Gasteiger partial charge in [-0.2, -0.15) is 0 Å². The molecule has 0 saturated carbocycles. The number of carbonyl (C=O) groups excluding carboxylic acids is 1. The molecule has 7 nitrogen and oxygen atoms in total. The minimum Gasteiger partial charge on any atom is -0.348 e. The number of aryl methyl sites for hydroxylation is 2. The molecule has 1 amide bonds. The van der Waals surface area contributed by atoms with Crippen LogP contribution in [0.2, 0.25) is 0 Å². The van der Waals surface area contributed by atoms with E-state index in [4.69, 9.17) is 0 Å². The van der Waals surface area contributed by atoms with Crippen molar-refractivity contribution in [1.82, 2.24) is 25.3 Å². The Balaban J connectivity index is 1.68. The number of imidazole rings is 1. The number of nitrogens with one attached hydrogen (secondary N) is 2. The second-order valence-corrected chi connectivity index (χ2v) is 7.27. The minimum absolute atomic E-state index is 0.0200. The summed E-state index contributed by atoms with van der Waals surface area (Å²) in [4.78, 5) is 32.1. The molecule has 0 aromatic carbocycles. The number of thiophene rings is 1. The van der Waals surface area contributed by atoms with Crippen molar-refractivity contribution in [2.75, 3.05) is 18.5 Å². The first kappa shape index (κ1) is 16.4. The number of aromatic amines is 1. The number of aromatic nitrogens is 4. The predicted molar refractivity (Wildman–Crippen MR) is 95.3 cm³/mol. The van der Waals surface area contributed by atoms with Crippen molar-refractivity contribution in [2.45, 2.75) is 26.8 Å². The summed E-state index contributed by atoms with van der Waals surface area (Å²) >= 11 is 1.75. The van der Waals surface area contributed by atoms with E-state index in [-0.39, 0.29) is 18.5 Å². The van der Waals surface area contributed by atoms with E-state index >= 15 is 0 Å². The van der Waals surface area contributed by atoms with E-state index in [0.717, 1.165) is 5.52 Å². The summed E-state index contributed by atoms with van der Waals surface area (Å²) in [6, 6.07) is 2.11. The summed E-state index contributed by atoms with van der Waals surface area (Å²) < 4.78 is 0. The van der Waals surface area contributed by atoms with Gasteiger partial charge in [-0.15, -0.1) is 11.3 Å². The Kier molecular flexibility index (Phi) is 4.48. The molecule has 0 bridgehead atoms. The summed E-state index contributed by atoms with van der Waals surface area (Å²) in [6.45, 7) is 6.37. The summed E-state index contributed by atoms with van der Waals surface area (Å²) in [6.07, 6.45) is 3.02. The van der Waals surface area contributed by atoms with Crippen LogP contribution < -0.4 is 10.2 Å². The Morgan fingerprint density at radius 1 is 1.38 bits per heavy atom. The fourth-order valence-electron chi connectivity index (χ4n) is 2.78. The van der Waals surface area contributed by atoms with Gasteiger partial charge in [0.25, 0.3) is 0 Å². The Bertz CT molecular complexity index is 870. The van der Waals surface area contributed by atoms with Crippen LogP contribution >= 0.6 is 11.3 Å². The standard InChI is InChI=1S/C16H20N6OS/c1-9-5-12(11(3)24-9)10(2)21-13(23)6-22(4)16-14-15(18-7-17-14)19-8-20-16/h5,7-8,10H,6H2,1-4H3,(H,21,23)(H,17,18,19,20)/t10-/m0/s1. The fourth-order valence-corrected chi connectivity index (χ4v) is 3.80. The first-order chi connectivity index (χ1) is 11.5. The van der Waals surface area contributed by atoms with Crippen molar-refractivity contribution in [3.63, 3.8) is 0 Å². The Morgan fingerprint density at radius 3 is 2.88 bits per heavy atom. The van der Waals surface area contributed by atoms with Crippen molar-refractivity contribution in [3.8, 4) is 0 Å². The number of amides is 1. The molecule has 3 aromatic rings. The largest absolute Gasteiger partial charge is 0.348 e. The molecular formula is C16H20N6OS. The van der Waals surface area contributed by atoms with Crippen molar-refractivity contribution in [2.24, 2.45) is 0 Å². The number of carbonyl (C=O) groups is 1. The molecule has 24 heavy (non-hydrogen) atoms. The quantitative estimate of drug-likeness (QED) is 0.742. The van der Waals surface area contributed by atoms with Gasteiger partial charge in [0.1, 0.15) is 11.8 Å². The third-order valence-corrected chi connectivity index (χ3v) is 4.85. The number of hydrogen-bond donors (Lipinski definition) is 2. The number of likely N-dealkylation sites (N-methyl/N-ethyl adjacent to an activating group) is 1. The van der Waals surface area contributed by atoms with Gasteiger partial charge in [0.05, 0.1) is 18.9 Å². The SMILES string of the molecule is Cc1cc([C@H](C)NC(=O)CN(C)c2ncnc3nc[nH]c23)c(C)s1. The van der Waals surface area contributed by atoms with Gasteiger partial charge in [-0.3, -0.25) is 4.79 Å². The van der Waals surface area contributed by atoms with Crippen molar-refractivity contribution in [3.05, 3.63) is 34.0 Å². The second kappa shape index (κ2) is 6.56. The van der Waals surface area contributed by atoms with Crippen LogP contribution in [0.1, 0.15) is 28.3 Å². The highest BCUT2D eigenvalue weighted by molar-refractivity contribution is 7.12. The van der Waals surface area contributed by atoms with Gasteiger partial charge in [0.15, 0.2) is 11.5 Å². The van der Waals surface area contributed by atoms with E-state index in [0.29, 0.717) is 11.5 Å². The molecule has 0 saturated heterocycles. The maximum Gasteiger partial charge on any atom is 0.240 e. The average Bonchev–Trinajstić information content (AvgIpc) is 3.12. The van der Waals surface area contributed by atoms with E-state index in [1.54, 1.807) is 22.6 Å². The number of rotatable bonds is 5. The first-order valence-corrected chi connectivity index (χ1v) is 8.49. The highest BCUT2D eigenvalue weighted by Gasteiger charge is 2.17. The lowest BCUT2D eigenvalue weighted by Gasteiger charge is -2.20. The molecule has 0 spiro atoms. The van der Waals surface area contributed by atoms with E-state index < -0.39 is 0 Å². The number of hydrogen-bond acceptors (Lipinski definition) is 6. The summed E-state index contributed by atoms with van der Waals surface area (Å²) in [5.41, 5.74) is 2.49. The first-order valence-electron chi connectivity index (χ1n) is 7.67. The van der Waals surface area contributed by atoms with E-state index in [2.05, 4.69) is 45.2 Å². The van der Waals surface area contributed by atoms with Crippen LogP contribution in [0.15, 0.2) is 18.7 Å².